The van der Waals surface area contributed by atoms with Crippen molar-refractivity contribution in [2.45, 2.75) is 45.3 Å². The van der Waals surface area contributed by atoms with Crippen LogP contribution in [0.3, 0.4) is 0 Å². The SMILES string of the molecule is CCOc1ccccc1C(=O)O[C@@H](C)C(=O)N[C@H]1CCCc2ccccc21. The van der Waals surface area contributed by atoms with Crippen LogP contribution >= 0.6 is 0 Å². The van der Waals surface area contributed by atoms with Crippen molar-refractivity contribution in [3.63, 3.8) is 0 Å². The molecule has 0 bridgehead atoms. The molecule has 0 radical (unpaired) electrons. The lowest BCUT2D eigenvalue weighted by Gasteiger charge is -2.27. The molecule has 1 N–H and O–H groups in total. The number of hydrogen-bond acceptors (Lipinski definition) is 4. The number of amides is 1. The Bertz CT molecular complexity index is 817. The predicted octanol–water partition coefficient (Wildman–Crippen LogP) is 3.82. The van der Waals surface area contributed by atoms with Gasteiger partial charge in [-0.15, -0.1) is 0 Å². The summed E-state index contributed by atoms with van der Waals surface area (Å²) >= 11 is 0. The second-order valence-corrected chi connectivity index (χ2v) is 6.63. The third-order valence-electron chi connectivity index (χ3n) is 4.75. The summed E-state index contributed by atoms with van der Waals surface area (Å²) in [6.45, 7) is 3.88. The van der Waals surface area contributed by atoms with Crippen LogP contribution in [-0.4, -0.2) is 24.6 Å². The van der Waals surface area contributed by atoms with E-state index in [-0.39, 0.29) is 11.9 Å². The Hall–Kier alpha value is -2.82. The van der Waals surface area contributed by atoms with Crippen LogP contribution < -0.4 is 10.1 Å². The van der Waals surface area contributed by atoms with Crippen LogP contribution in [0.1, 0.15) is 54.2 Å². The van der Waals surface area contributed by atoms with Crippen molar-refractivity contribution in [2.75, 3.05) is 6.61 Å². The van der Waals surface area contributed by atoms with Crippen LogP contribution in [0.15, 0.2) is 48.5 Å². The average molecular weight is 367 g/mol. The van der Waals surface area contributed by atoms with Crippen LogP contribution in [0.4, 0.5) is 0 Å². The molecule has 2 aromatic rings. The highest BCUT2D eigenvalue weighted by Gasteiger charge is 2.26. The normalized spacial score (nSPS) is 16.7. The molecule has 2 atom stereocenters. The van der Waals surface area contributed by atoms with Crippen LogP contribution in [0.2, 0.25) is 0 Å². The fourth-order valence-electron chi connectivity index (χ4n) is 3.39. The van der Waals surface area contributed by atoms with Gasteiger partial charge in [0.1, 0.15) is 11.3 Å². The van der Waals surface area contributed by atoms with E-state index in [0.717, 1.165) is 24.8 Å². The fraction of sp³-hybridized carbons (Fsp3) is 0.364. The van der Waals surface area contributed by atoms with Gasteiger partial charge in [0.15, 0.2) is 6.10 Å². The molecule has 2 aromatic carbocycles. The van der Waals surface area contributed by atoms with E-state index in [4.69, 9.17) is 9.47 Å². The molecule has 142 valence electrons. The summed E-state index contributed by atoms with van der Waals surface area (Å²) in [6, 6.07) is 15.0. The number of aryl methyl sites for hydroxylation is 1. The molecule has 1 amide bonds. The van der Waals surface area contributed by atoms with Crippen molar-refractivity contribution in [1.29, 1.82) is 0 Å². The van der Waals surface area contributed by atoms with E-state index in [1.165, 1.54) is 5.56 Å². The number of esters is 1. The van der Waals surface area contributed by atoms with E-state index in [2.05, 4.69) is 17.4 Å². The number of carbonyl (C=O) groups excluding carboxylic acids is 2. The zero-order valence-electron chi connectivity index (χ0n) is 15.7. The van der Waals surface area contributed by atoms with E-state index in [1.54, 1.807) is 31.2 Å². The number of hydrogen-bond donors (Lipinski definition) is 1. The van der Waals surface area contributed by atoms with Crippen LogP contribution in [0, 0.1) is 0 Å². The third kappa shape index (κ3) is 4.48. The first-order valence-corrected chi connectivity index (χ1v) is 9.41. The first-order chi connectivity index (χ1) is 13.1. The molecule has 0 heterocycles. The van der Waals surface area contributed by atoms with Crippen molar-refractivity contribution >= 4 is 11.9 Å². The quantitative estimate of drug-likeness (QED) is 0.788. The monoisotopic (exact) mass is 367 g/mol. The van der Waals surface area contributed by atoms with E-state index >= 15 is 0 Å². The first kappa shape index (κ1) is 19.0. The minimum atomic E-state index is -0.888. The van der Waals surface area contributed by atoms with E-state index in [0.29, 0.717) is 17.9 Å². The molecule has 1 aliphatic carbocycles. The van der Waals surface area contributed by atoms with Gasteiger partial charge in [-0.2, -0.15) is 0 Å². The van der Waals surface area contributed by atoms with Gasteiger partial charge in [-0.3, -0.25) is 4.79 Å². The zero-order chi connectivity index (χ0) is 19.2. The van der Waals surface area contributed by atoms with Crippen molar-refractivity contribution in [3.8, 4) is 5.75 Å². The topological polar surface area (TPSA) is 64.6 Å². The zero-order valence-corrected chi connectivity index (χ0v) is 15.7. The van der Waals surface area contributed by atoms with Crippen LogP contribution in [-0.2, 0) is 16.0 Å². The molecule has 0 aromatic heterocycles. The molecule has 0 fully saturated rings. The second-order valence-electron chi connectivity index (χ2n) is 6.63. The number of para-hydroxylation sites is 1. The van der Waals surface area contributed by atoms with Crippen molar-refractivity contribution in [3.05, 3.63) is 65.2 Å². The number of rotatable bonds is 6. The summed E-state index contributed by atoms with van der Waals surface area (Å²) < 4.78 is 10.8. The Labute approximate surface area is 159 Å². The predicted molar refractivity (Wildman–Crippen MR) is 103 cm³/mol. The number of nitrogens with one attached hydrogen (secondary N) is 1. The van der Waals surface area contributed by atoms with Crippen LogP contribution in [0.25, 0.3) is 0 Å². The highest BCUT2D eigenvalue weighted by atomic mass is 16.5. The Morgan fingerprint density at radius 2 is 1.89 bits per heavy atom. The number of fused-ring (bicyclic) bond motifs is 1. The molecule has 5 heteroatoms. The molecule has 0 saturated heterocycles. The van der Waals surface area contributed by atoms with E-state index < -0.39 is 12.1 Å². The maximum atomic E-state index is 12.6. The summed E-state index contributed by atoms with van der Waals surface area (Å²) in [5.41, 5.74) is 2.74. The number of benzene rings is 2. The third-order valence-corrected chi connectivity index (χ3v) is 4.75. The highest BCUT2D eigenvalue weighted by Crippen LogP contribution is 2.29. The van der Waals surface area contributed by atoms with Gasteiger partial charge in [0.2, 0.25) is 0 Å². The Balaban J connectivity index is 1.64. The first-order valence-electron chi connectivity index (χ1n) is 9.41. The van der Waals surface area contributed by atoms with Gasteiger partial charge in [-0.1, -0.05) is 36.4 Å². The molecule has 27 heavy (non-hydrogen) atoms. The summed E-state index contributed by atoms with van der Waals surface area (Å²) in [5.74, 6) is -0.400. The minimum absolute atomic E-state index is 0.0423. The van der Waals surface area contributed by atoms with Gasteiger partial charge in [-0.05, 0) is 56.4 Å². The lowest BCUT2D eigenvalue weighted by Crippen LogP contribution is -2.39. The van der Waals surface area contributed by atoms with Crippen molar-refractivity contribution in [2.24, 2.45) is 0 Å². The summed E-state index contributed by atoms with van der Waals surface area (Å²) in [4.78, 5) is 25.0. The van der Waals surface area contributed by atoms with Gasteiger partial charge in [0, 0.05) is 0 Å². The van der Waals surface area contributed by atoms with Crippen LogP contribution in [0.5, 0.6) is 5.75 Å². The highest BCUT2D eigenvalue weighted by molar-refractivity contribution is 5.94. The number of ether oxygens (including phenoxy) is 2. The smallest absolute Gasteiger partial charge is 0.342 e. The maximum absolute atomic E-state index is 12.6. The molecule has 0 saturated carbocycles. The maximum Gasteiger partial charge on any atom is 0.342 e. The van der Waals surface area contributed by atoms with E-state index in [9.17, 15) is 9.59 Å². The molecular weight excluding hydrogens is 342 g/mol. The summed E-state index contributed by atoms with van der Waals surface area (Å²) in [6.07, 6.45) is 2.05. The van der Waals surface area contributed by atoms with Gasteiger partial charge in [-0.25, -0.2) is 4.79 Å². The summed E-state index contributed by atoms with van der Waals surface area (Å²) in [5, 5.41) is 3.02. The van der Waals surface area contributed by atoms with Gasteiger partial charge in [0.05, 0.1) is 12.6 Å². The molecule has 1 aliphatic rings. The second kappa shape index (κ2) is 8.71. The van der Waals surface area contributed by atoms with Crippen molar-refractivity contribution in [1.82, 2.24) is 5.32 Å². The van der Waals surface area contributed by atoms with Gasteiger partial charge >= 0.3 is 5.97 Å². The fourth-order valence-corrected chi connectivity index (χ4v) is 3.39. The molecular formula is C22H25NO4. The lowest BCUT2D eigenvalue weighted by molar-refractivity contribution is -0.130. The van der Waals surface area contributed by atoms with E-state index in [1.807, 2.05) is 19.1 Å². The standard InChI is InChI=1S/C22H25NO4/c1-3-26-20-14-7-6-12-18(20)22(25)27-15(2)21(24)23-19-13-8-10-16-9-4-5-11-17(16)19/h4-7,9,11-12,14-15,19H,3,8,10,13H2,1-2H3,(H,23,24)/t15-,19-/m0/s1. The van der Waals surface area contributed by atoms with Crippen molar-refractivity contribution < 1.29 is 19.1 Å². The minimum Gasteiger partial charge on any atom is -0.493 e. The van der Waals surface area contributed by atoms with Gasteiger partial charge in [0.25, 0.3) is 5.91 Å². The Morgan fingerprint density at radius 1 is 1.15 bits per heavy atom. The molecule has 3 rings (SSSR count). The molecule has 0 unspecified atom stereocenters. The molecule has 5 nitrogen and oxygen atoms in total. The Morgan fingerprint density at radius 3 is 2.70 bits per heavy atom. The molecule has 0 aliphatic heterocycles. The molecule has 0 spiro atoms. The lowest BCUT2D eigenvalue weighted by atomic mass is 9.87. The Kier molecular flexibility index (Phi) is 6.12. The average Bonchev–Trinajstić information content (AvgIpc) is 2.69. The largest absolute Gasteiger partial charge is 0.493 e. The number of carbonyl (C=O) groups is 2. The van der Waals surface area contributed by atoms with Gasteiger partial charge < -0.3 is 14.8 Å². The summed E-state index contributed by atoms with van der Waals surface area (Å²) in [7, 11) is 0.